The fourth-order valence-corrected chi connectivity index (χ4v) is 9.27. The molecule has 0 saturated carbocycles. The van der Waals surface area contributed by atoms with Crippen LogP contribution in [0.25, 0.3) is 44.3 Å². The van der Waals surface area contributed by atoms with Gasteiger partial charge in [-0.25, -0.2) is 0 Å². The highest BCUT2D eigenvalue weighted by Crippen LogP contribution is 2.57. The highest BCUT2D eigenvalue weighted by Gasteiger charge is 2.46. The highest BCUT2D eigenvalue weighted by molar-refractivity contribution is 5.98. The number of benzene rings is 7. The number of fused-ring (bicyclic) bond motifs is 8. The first-order valence-corrected chi connectivity index (χ1v) is 19.1. The maximum atomic E-state index is 6.42. The molecular formula is C52H36N2O. The standard InChI is InChI=1S/C52H36N2O/c1-4-14-35(15-5-1)36-24-26-39(27-25-36)54(41-32-45-48(53-34-41)30-31-50-51(45)44-21-11-13-23-49(44)55-50)40-28-29-43-42-20-10-12-22-46(42)52(47(43)33-40,37-16-6-2-7-17-37)38-18-8-3-9-19-38/h1-29,32-34H,30-31H2. The third kappa shape index (κ3) is 4.86. The molecule has 260 valence electrons. The minimum Gasteiger partial charge on any atom is -0.460 e. The summed E-state index contributed by atoms with van der Waals surface area (Å²) in [5, 5.41) is 1.14. The van der Waals surface area contributed by atoms with Gasteiger partial charge in [0.1, 0.15) is 11.3 Å². The highest BCUT2D eigenvalue weighted by atomic mass is 16.3. The maximum absolute atomic E-state index is 6.42. The largest absolute Gasteiger partial charge is 0.460 e. The van der Waals surface area contributed by atoms with Crippen LogP contribution in [0.4, 0.5) is 17.1 Å². The molecule has 11 rings (SSSR count). The predicted octanol–water partition coefficient (Wildman–Crippen LogP) is 13.1. The molecule has 3 nitrogen and oxygen atoms in total. The number of nitrogens with zero attached hydrogens (tertiary/aromatic N) is 2. The minimum atomic E-state index is -0.508. The number of anilines is 3. The SMILES string of the molecule is c1ccc(-c2ccc(N(c3cnc4c(c3)-c3c(oc5ccccc35)CC4)c3ccc4c(c3)C(c3ccccc3)(c3ccccc3)c3ccccc3-4)cc2)cc1. The number of para-hydroxylation sites is 1. The van der Waals surface area contributed by atoms with Gasteiger partial charge < -0.3 is 9.32 Å². The van der Waals surface area contributed by atoms with Crippen molar-refractivity contribution >= 4 is 28.0 Å². The summed E-state index contributed by atoms with van der Waals surface area (Å²) in [6.45, 7) is 0. The summed E-state index contributed by atoms with van der Waals surface area (Å²) in [6.07, 6.45) is 3.75. The Bertz CT molecular complexity index is 2820. The van der Waals surface area contributed by atoms with Crippen molar-refractivity contribution in [2.75, 3.05) is 4.90 Å². The Hall–Kier alpha value is -6.97. The first-order chi connectivity index (χ1) is 27.3. The summed E-state index contributed by atoms with van der Waals surface area (Å²) in [5.41, 5.74) is 16.9. The zero-order chi connectivity index (χ0) is 36.3. The van der Waals surface area contributed by atoms with E-state index >= 15 is 0 Å². The van der Waals surface area contributed by atoms with E-state index in [9.17, 15) is 0 Å². The zero-order valence-corrected chi connectivity index (χ0v) is 30.2. The van der Waals surface area contributed by atoms with Crippen molar-refractivity contribution in [3.8, 4) is 33.4 Å². The summed E-state index contributed by atoms with van der Waals surface area (Å²) in [7, 11) is 0. The molecule has 0 N–H and O–H groups in total. The van der Waals surface area contributed by atoms with Gasteiger partial charge in [0.05, 0.1) is 17.3 Å². The van der Waals surface area contributed by atoms with Crippen LogP contribution in [0.5, 0.6) is 0 Å². The molecule has 0 fully saturated rings. The van der Waals surface area contributed by atoms with Crippen LogP contribution in [-0.2, 0) is 18.3 Å². The van der Waals surface area contributed by atoms with E-state index in [0.29, 0.717) is 0 Å². The van der Waals surface area contributed by atoms with Gasteiger partial charge in [-0.2, -0.15) is 0 Å². The van der Waals surface area contributed by atoms with Gasteiger partial charge in [-0.3, -0.25) is 4.98 Å². The third-order valence-electron chi connectivity index (χ3n) is 11.7. The van der Waals surface area contributed by atoms with Crippen LogP contribution in [0.3, 0.4) is 0 Å². The van der Waals surface area contributed by atoms with Crippen LogP contribution >= 0.6 is 0 Å². The van der Waals surface area contributed by atoms with Gasteiger partial charge in [0.15, 0.2) is 0 Å². The van der Waals surface area contributed by atoms with Crippen molar-refractivity contribution in [2.24, 2.45) is 0 Å². The molecule has 2 heterocycles. The molecule has 0 atom stereocenters. The molecule has 55 heavy (non-hydrogen) atoms. The van der Waals surface area contributed by atoms with E-state index in [4.69, 9.17) is 9.40 Å². The number of aryl methyl sites for hydroxylation is 2. The number of pyridine rings is 1. The Kier molecular flexibility index (Phi) is 7.21. The summed E-state index contributed by atoms with van der Waals surface area (Å²) in [4.78, 5) is 7.56. The monoisotopic (exact) mass is 704 g/mol. The number of rotatable bonds is 6. The molecule has 0 aliphatic heterocycles. The van der Waals surface area contributed by atoms with Gasteiger partial charge in [0.2, 0.25) is 0 Å². The van der Waals surface area contributed by atoms with Crippen molar-refractivity contribution in [3.63, 3.8) is 0 Å². The molecule has 2 aliphatic rings. The number of furan rings is 1. The Morgan fingerprint density at radius 3 is 1.85 bits per heavy atom. The first-order valence-electron chi connectivity index (χ1n) is 19.1. The van der Waals surface area contributed by atoms with E-state index in [1.165, 1.54) is 50.1 Å². The lowest BCUT2D eigenvalue weighted by Crippen LogP contribution is -2.28. The molecule has 3 heteroatoms. The van der Waals surface area contributed by atoms with E-state index in [1.54, 1.807) is 0 Å². The molecule has 2 aromatic heterocycles. The molecule has 7 aromatic carbocycles. The topological polar surface area (TPSA) is 29.3 Å². The fraction of sp³-hybridized carbons (Fsp3) is 0.0577. The Balaban J connectivity index is 1.15. The molecule has 2 aliphatic carbocycles. The molecule has 0 radical (unpaired) electrons. The molecule has 0 saturated heterocycles. The number of hydrogen-bond donors (Lipinski definition) is 0. The second-order valence-corrected chi connectivity index (χ2v) is 14.6. The van der Waals surface area contributed by atoms with E-state index in [2.05, 4.69) is 193 Å². The minimum absolute atomic E-state index is 0.508. The quantitative estimate of drug-likeness (QED) is 0.173. The fourth-order valence-electron chi connectivity index (χ4n) is 9.27. The smallest absolute Gasteiger partial charge is 0.134 e. The van der Waals surface area contributed by atoms with Crippen LogP contribution < -0.4 is 4.90 Å². The zero-order valence-electron chi connectivity index (χ0n) is 30.2. The van der Waals surface area contributed by atoms with Gasteiger partial charge in [-0.15, -0.1) is 0 Å². The van der Waals surface area contributed by atoms with Crippen molar-refractivity contribution in [1.29, 1.82) is 0 Å². The predicted molar refractivity (Wildman–Crippen MR) is 224 cm³/mol. The third-order valence-corrected chi connectivity index (χ3v) is 11.7. The van der Waals surface area contributed by atoms with E-state index < -0.39 is 5.41 Å². The Labute approximate surface area is 320 Å². The number of aromatic nitrogens is 1. The first kappa shape index (κ1) is 31.5. The Morgan fingerprint density at radius 2 is 1.09 bits per heavy atom. The van der Waals surface area contributed by atoms with E-state index in [1.807, 2.05) is 6.07 Å². The second kappa shape index (κ2) is 12.6. The number of hydrogen-bond acceptors (Lipinski definition) is 3. The molecule has 0 spiro atoms. The summed E-state index contributed by atoms with van der Waals surface area (Å²) in [6, 6.07) is 68.2. The lowest BCUT2D eigenvalue weighted by Gasteiger charge is -2.35. The average molecular weight is 705 g/mol. The summed E-state index contributed by atoms with van der Waals surface area (Å²) < 4.78 is 6.42. The average Bonchev–Trinajstić information content (AvgIpc) is 3.79. The Morgan fingerprint density at radius 1 is 0.473 bits per heavy atom. The summed E-state index contributed by atoms with van der Waals surface area (Å²) >= 11 is 0. The molecule has 9 aromatic rings. The van der Waals surface area contributed by atoms with Gasteiger partial charge >= 0.3 is 0 Å². The van der Waals surface area contributed by atoms with Crippen LogP contribution in [0.1, 0.15) is 33.7 Å². The van der Waals surface area contributed by atoms with Crippen molar-refractivity contribution < 1.29 is 4.42 Å². The molecular weight excluding hydrogens is 669 g/mol. The van der Waals surface area contributed by atoms with Crippen molar-refractivity contribution in [1.82, 2.24) is 4.98 Å². The van der Waals surface area contributed by atoms with Crippen molar-refractivity contribution in [2.45, 2.75) is 18.3 Å². The van der Waals surface area contributed by atoms with Crippen LogP contribution in [0.15, 0.2) is 199 Å². The van der Waals surface area contributed by atoms with Crippen LogP contribution in [0, 0.1) is 0 Å². The van der Waals surface area contributed by atoms with Gasteiger partial charge in [0, 0.05) is 40.0 Å². The van der Waals surface area contributed by atoms with E-state index in [-0.39, 0.29) is 0 Å². The lowest BCUT2D eigenvalue weighted by molar-refractivity contribution is 0.544. The normalized spacial score (nSPS) is 13.5. The van der Waals surface area contributed by atoms with Gasteiger partial charge in [-0.05, 0) is 87.3 Å². The van der Waals surface area contributed by atoms with Crippen LogP contribution in [-0.4, -0.2) is 4.98 Å². The maximum Gasteiger partial charge on any atom is 0.134 e. The molecule has 0 unspecified atom stereocenters. The van der Waals surface area contributed by atoms with Gasteiger partial charge in [0.25, 0.3) is 0 Å². The van der Waals surface area contributed by atoms with E-state index in [0.717, 1.165) is 57.9 Å². The van der Waals surface area contributed by atoms with Gasteiger partial charge in [-0.1, -0.05) is 152 Å². The molecule has 0 amide bonds. The van der Waals surface area contributed by atoms with Crippen molar-refractivity contribution in [3.05, 3.63) is 228 Å². The summed E-state index contributed by atoms with van der Waals surface area (Å²) in [5.74, 6) is 1.04. The van der Waals surface area contributed by atoms with Crippen LogP contribution in [0.2, 0.25) is 0 Å². The molecule has 0 bridgehead atoms. The lowest BCUT2D eigenvalue weighted by atomic mass is 9.67. The second-order valence-electron chi connectivity index (χ2n) is 14.6.